The van der Waals surface area contributed by atoms with Crippen molar-refractivity contribution in [1.82, 2.24) is 9.88 Å². The summed E-state index contributed by atoms with van der Waals surface area (Å²) in [6.45, 7) is 4.01. The molecule has 3 rings (SSSR count). The molecule has 1 aliphatic carbocycles. The molecular formula is C17H25N3O. The highest BCUT2D eigenvalue weighted by molar-refractivity contribution is 5.94. The lowest BCUT2D eigenvalue weighted by molar-refractivity contribution is 0.0697. The van der Waals surface area contributed by atoms with Gasteiger partial charge in [-0.2, -0.15) is 0 Å². The Morgan fingerprint density at radius 2 is 1.90 bits per heavy atom. The minimum absolute atomic E-state index is 0.129. The summed E-state index contributed by atoms with van der Waals surface area (Å²) in [5.41, 5.74) is 1.70. The molecule has 114 valence electrons. The van der Waals surface area contributed by atoms with E-state index in [1.165, 1.54) is 25.7 Å². The zero-order valence-corrected chi connectivity index (χ0v) is 12.8. The van der Waals surface area contributed by atoms with Crippen molar-refractivity contribution in [3.8, 4) is 0 Å². The quantitative estimate of drug-likeness (QED) is 0.927. The molecule has 21 heavy (non-hydrogen) atoms. The Balaban J connectivity index is 1.65. The number of amides is 1. The number of pyridine rings is 1. The molecule has 0 atom stereocenters. The van der Waals surface area contributed by atoms with Crippen LogP contribution < -0.4 is 5.32 Å². The van der Waals surface area contributed by atoms with Gasteiger partial charge in [0.15, 0.2) is 0 Å². The van der Waals surface area contributed by atoms with Crippen LogP contribution in [0.25, 0.3) is 0 Å². The van der Waals surface area contributed by atoms with Gasteiger partial charge >= 0.3 is 0 Å². The summed E-state index contributed by atoms with van der Waals surface area (Å²) in [4.78, 5) is 18.8. The van der Waals surface area contributed by atoms with Gasteiger partial charge < -0.3 is 10.2 Å². The second-order valence-corrected chi connectivity index (χ2v) is 6.56. The Morgan fingerprint density at radius 3 is 2.62 bits per heavy atom. The molecule has 1 aromatic heterocycles. The van der Waals surface area contributed by atoms with Gasteiger partial charge in [-0.15, -0.1) is 0 Å². The van der Waals surface area contributed by atoms with Gasteiger partial charge in [0.25, 0.3) is 5.91 Å². The predicted molar refractivity (Wildman–Crippen MR) is 84.4 cm³/mol. The van der Waals surface area contributed by atoms with Crippen molar-refractivity contribution in [2.45, 2.75) is 51.5 Å². The Bertz CT molecular complexity index is 489. The molecule has 2 heterocycles. The van der Waals surface area contributed by atoms with Crippen LogP contribution in [-0.2, 0) is 0 Å². The number of nitrogens with one attached hydrogen (secondary N) is 1. The molecule has 1 amide bonds. The lowest BCUT2D eigenvalue weighted by Crippen LogP contribution is -2.38. The number of aromatic nitrogens is 1. The van der Waals surface area contributed by atoms with E-state index >= 15 is 0 Å². The fraction of sp³-hybridized carbons (Fsp3) is 0.647. The van der Waals surface area contributed by atoms with Crippen LogP contribution in [-0.4, -0.2) is 34.9 Å². The number of rotatable bonds is 3. The lowest BCUT2D eigenvalue weighted by atomic mass is 9.99. The molecule has 2 fully saturated rings. The highest BCUT2D eigenvalue weighted by atomic mass is 16.2. The molecule has 0 bridgehead atoms. The maximum absolute atomic E-state index is 12.6. The standard InChI is InChI=1S/C17H25N3O/c1-13-6-8-20(9-7-13)17(21)14-10-16(12-18-11-14)19-15-4-2-3-5-15/h10-13,15,19H,2-9H2,1H3. The summed E-state index contributed by atoms with van der Waals surface area (Å²) >= 11 is 0. The number of piperidine rings is 1. The van der Waals surface area contributed by atoms with Crippen LogP contribution in [0.4, 0.5) is 5.69 Å². The number of nitrogens with zero attached hydrogens (tertiary/aromatic N) is 2. The molecule has 1 aromatic rings. The van der Waals surface area contributed by atoms with E-state index in [1.807, 2.05) is 17.2 Å². The first-order valence-corrected chi connectivity index (χ1v) is 8.23. The summed E-state index contributed by atoms with van der Waals surface area (Å²) in [7, 11) is 0. The van der Waals surface area contributed by atoms with Crippen molar-refractivity contribution in [3.63, 3.8) is 0 Å². The average molecular weight is 287 g/mol. The number of hydrogen-bond donors (Lipinski definition) is 1. The first kappa shape index (κ1) is 14.4. The number of anilines is 1. The Morgan fingerprint density at radius 1 is 1.19 bits per heavy atom. The lowest BCUT2D eigenvalue weighted by Gasteiger charge is -2.30. The summed E-state index contributed by atoms with van der Waals surface area (Å²) in [6, 6.07) is 2.51. The van der Waals surface area contributed by atoms with E-state index in [0.717, 1.165) is 37.5 Å². The smallest absolute Gasteiger partial charge is 0.255 e. The fourth-order valence-electron chi connectivity index (χ4n) is 3.34. The maximum atomic E-state index is 12.6. The van der Waals surface area contributed by atoms with Gasteiger partial charge in [-0.05, 0) is 37.7 Å². The highest BCUT2D eigenvalue weighted by Crippen LogP contribution is 2.23. The molecule has 0 radical (unpaired) electrons. The van der Waals surface area contributed by atoms with E-state index < -0.39 is 0 Å². The monoisotopic (exact) mass is 287 g/mol. The first-order chi connectivity index (χ1) is 10.2. The van der Waals surface area contributed by atoms with Crippen LogP contribution in [0.2, 0.25) is 0 Å². The van der Waals surface area contributed by atoms with Gasteiger partial charge in [-0.25, -0.2) is 0 Å². The van der Waals surface area contributed by atoms with E-state index in [2.05, 4.69) is 17.2 Å². The van der Waals surface area contributed by atoms with Crippen molar-refractivity contribution in [2.75, 3.05) is 18.4 Å². The number of carbonyl (C=O) groups is 1. The minimum Gasteiger partial charge on any atom is -0.381 e. The normalized spacial score (nSPS) is 20.7. The second kappa shape index (κ2) is 6.46. The second-order valence-electron chi connectivity index (χ2n) is 6.56. The molecule has 0 aromatic carbocycles. The number of hydrogen-bond acceptors (Lipinski definition) is 3. The van der Waals surface area contributed by atoms with Crippen LogP contribution in [0.3, 0.4) is 0 Å². The molecule has 1 aliphatic heterocycles. The van der Waals surface area contributed by atoms with Crippen molar-refractivity contribution < 1.29 is 4.79 Å². The third kappa shape index (κ3) is 3.55. The molecule has 2 aliphatic rings. The fourth-order valence-corrected chi connectivity index (χ4v) is 3.34. The van der Waals surface area contributed by atoms with Gasteiger partial charge in [0.1, 0.15) is 0 Å². The highest BCUT2D eigenvalue weighted by Gasteiger charge is 2.22. The predicted octanol–water partition coefficient (Wildman–Crippen LogP) is 3.31. The van der Waals surface area contributed by atoms with E-state index in [9.17, 15) is 4.79 Å². The molecule has 4 nitrogen and oxygen atoms in total. The third-order valence-corrected chi connectivity index (χ3v) is 4.78. The maximum Gasteiger partial charge on any atom is 0.255 e. The Labute approximate surface area is 126 Å². The van der Waals surface area contributed by atoms with Crippen LogP contribution in [0.1, 0.15) is 55.8 Å². The molecule has 4 heteroatoms. The van der Waals surface area contributed by atoms with Crippen molar-refractivity contribution in [2.24, 2.45) is 5.92 Å². The molecule has 0 unspecified atom stereocenters. The van der Waals surface area contributed by atoms with Crippen LogP contribution in [0.15, 0.2) is 18.5 Å². The molecular weight excluding hydrogens is 262 g/mol. The summed E-state index contributed by atoms with van der Waals surface area (Å²) in [5.74, 6) is 0.868. The summed E-state index contributed by atoms with van der Waals surface area (Å²) < 4.78 is 0. The van der Waals surface area contributed by atoms with E-state index in [1.54, 1.807) is 6.20 Å². The van der Waals surface area contributed by atoms with Crippen molar-refractivity contribution in [3.05, 3.63) is 24.0 Å². The van der Waals surface area contributed by atoms with Gasteiger partial charge in [0, 0.05) is 31.5 Å². The zero-order valence-electron chi connectivity index (χ0n) is 12.8. The van der Waals surface area contributed by atoms with Gasteiger partial charge in [0.05, 0.1) is 11.3 Å². The van der Waals surface area contributed by atoms with Crippen molar-refractivity contribution >= 4 is 11.6 Å². The van der Waals surface area contributed by atoms with E-state index in [4.69, 9.17) is 0 Å². The van der Waals surface area contributed by atoms with E-state index in [0.29, 0.717) is 11.6 Å². The van der Waals surface area contributed by atoms with Crippen LogP contribution >= 0.6 is 0 Å². The first-order valence-electron chi connectivity index (χ1n) is 8.23. The van der Waals surface area contributed by atoms with Crippen LogP contribution in [0, 0.1) is 5.92 Å². The third-order valence-electron chi connectivity index (χ3n) is 4.78. The average Bonchev–Trinajstić information content (AvgIpc) is 3.00. The van der Waals surface area contributed by atoms with Gasteiger partial charge in [-0.3, -0.25) is 9.78 Å². The number of carbonyl (C=O) groups excluding carboxylic acids is 1. The van der Waals surface area contributed by atoms with Gasteiger partial charge in [0.2, 0.25) is 0 Å². The largest absolute Gasteiger partial charge is 0.381 e. The zero-order chi connectivity index (χ0) is 14.7. The summed E-state index contributed by atoms with van der Waals surface area (Å²) in [6.07, 6.45) is 10.8. The SMILES string of the molecule is CC1CCN(C(=O)c2cncc(NC3CCCC3)c2)CC1. The molecule has 0 spiro atoms. The Kier molecular flexibility index (Phi) is 4.42. The van der Waals surface area contributed by atoms with Gasteiger partial charge in [-0.1, -0.05) is 19.8 Å². The molecule has 1 saturated heterocycles. The minimum atomic E-state index is 0.129. The topological polar surface area (TPSA) is 45.2 Å². The Hall–Kier alpha value is -1.58. The van der Waals surface area contributed by atoms with Crippen molar-refractivity contribution in [1.29, 1.82) is 0 Å². The van der Waals surface area contributed by atoms with E-state index in [-0.39, 0.29) is 5.91 Å². The van der Waals surface area contributed by atoms with Crippen LogP contribution in [0.5, 0.6) is 0 Å². The summed E-state index contributed by atoms with van der Waals surface area (Å²) in [5, 5.41) is 3.51. The molecule has 1 N–H and O–H groups in total. The molecule has 1 saturated carbocycles. The number of likely N-dealkylation sites (tertiary alicyclic amines) is 1.